The Bertz CT molecular complexity index is 900. The number of rotatable bonds is 4. The molecule has 0 aliphatic carbocycles. The number of methoxy groups -OCH3 is 1. The van der Waals surface area contributed by atoms with Crippen LogP contribution in [0.15, 0.2) is 47.0 Å². The summed E-state index contributed by atoms with van der Waals surface area (Å²) in [6, 6.07) is 9.88. The molecule has 7 heteroatoms. The number of hydrogen-bond donors (Lipinski definition) is 2. The Morgan fingerprint density at radius 1 is 1.22 bits per heavy atom. The quantitative estimate of drug-likeness (QED) is 0.768. The third-order valence-corrected chi connectivity index (χ3v) is 3.25. The number of nitrogens with one attached hydrogen (secondary N) is 1. The Morgan fingerprint density at radius 3 is 2.74 bits per heavy atom. The fourth-order valence-corrected chi connectivity index (χ4v) is 2.22. The van der Waals surface area contributed by atoms with Crippen LogP contribution in [0.4, 0.5) is 5.69 Å². The smallest absolute Gasteiger partial charge is 0.374 e. The summed E-state index contributed by atoms with van der Waals surface area (Å²) in [6.45, 7) is 0. The summed E-state index contributed by atoms with van der Waals surface area (Å²) in [5.74, 6) is -1.79. The Balaban J connectivity index is 2.05. The molecule has 0 radical (unpaired) electrons. The molecule has 7 nitrogen and oxygen atoms in total. The number of carbonyl (C=O) groups is 2. The molecule has 2 aromatic heterocycles. The maximum atomic E-state index is 12.5. The number of para-hydroxylation sites is 1. The fourth-order valence-electron chi connectivity index (χ4n) is 2.22. The Labute approximate surface area is 130 Å². The molecule has 0 bridgehead atoms. The van der Waals surface area contributed by atoms with Crippen LogP contribution in [0.1, 0.15) is 20.9 Å². The zero-order valence-electron chi connectivity index (χ0n) is 12.1. The number of fused-ring (bicyclic) bond motifs is 1. The number of amides is 1. The van der Waals surface area contributed by atoms with Crippen molar-refractivity contribution in [2.75, 3.05) is 12.4 Å². The van der Waals surface area contributed by atoms with Crippen LogP contribution < -0.4 is 10.1 Å². The molecule has 0 saturated heterocycles. The highest BCUT2D eigenvalue weighted by atomic mass is 16.5. The molecule has 1 amide bonds. The van der Waals surface area contributed by atoms with Crippen molar-refractivity contribution in [3.63, 3.8) is 0 Å². The number of carbonyl (C=O) groups excluding carboxylic acids is 1. The standard InChI is InChI=1S/C16H12N2O5/c1-22-11-7-3-2-5-9(11)14(19)18-12-10-6-4-8-17-15(10)23-13(12)16(20)21/h2-8H,1H3,(H,18,19)(H,20,21). The monoisotopic (exact) mass is 312 g/mol. The van der Waals surface area contributed by atoms with E-state index in [1.165, 1.54) is 13.3 Å². The van der Waals surface area contributed by atoms with Gasteiger partial charge in [0.25, 0.3) is 5.91 Å². The highest BCUT2D eigenvalue weighted by molar-refractivity contribution is 6.13. The lowest BCUT2D eigenvalue weighted by Gasteiger charge is -2.08. The largest absolute Gasteiger partial charge is 0.496 e. The number of benzene rings is 1. The molecular formula is C16H12N2O5. The van der Waals surface area contributed by atoms with Gasteiger partial charge >= 0.3 is 5.97 Å². The molecule has 0 atom stereocenters. The van der Waals surface area contributed by atoms with Gasteiger partial charge < -0.3 is 19.6 Å². The van der Waals surface area contributed by atoms with Gasteiger partial charge in [0.1, 0.15) is 11.4 Å². The van der Waals surface area contributed by atoms with Crippen molar-refractivity contribution in [2.24, 2.45) is 0 Å². The van der Waals surface area contributed by atoms with E-state index in [1.54, 1.807) is 36.4 Å². The van der Waals surface area contributed by atoms with Gasteiger partial charge in [-0.05, 0) is 24.3 Å². The van der Waals surface area contributed by atoms with E-state index in [1.807, 2.05) is 0 Å². The maximum absolute atomic E-state index is 12.5. The minimum Gasteiger partial charge on any atom is -0.496 e. The number of carboxylic acids is 1. The second-order valence-corrected chi connectivity index (χ2v) is 4.62. The molecule has 0 unspecified atom stereocenters. The normalized spacial score (nSPS) is 10.5. The van der Waals surface area contributed by atoms with Crippen LogP contribution in [-0.4, -0.2) is 29.1 Å². The SMILES string of the molecule is COc1ccccc1C(=O)Nc1c(C(=O)O)oc2ncccc12. The van der Waals surface area contributed by atoms with E-state index in [2.05, 4.69) is 10.3 Å². The molecule has 2 N–H and O–H groups in total. The van der Waals surface area contributed by atoms with E-state index in [-0.39, 0.29) is 22.7 Å². The summed E-state index contributed by atoms with van der Waals surface area (Å²) < 4.78 is 10.3. The van der Waals surface area contributed by atoms with Crippen molar-refractivity contribution in [2.45, 2.75) is 0 Å². The first-order valence-corrected chi connectivity index (χ1v) is 6.67. The summed E-state index contributed by atoms with van der Waals surface area (Å²) >= 11 is 0. The predicted molar refractivity (Wildman–Crippen MR) is 81.9 cm³/mol. The van der Waals surface area contributed by atoms with E-state index < -0.39 is 11.9 Å². The molecule has 0 spiro atoms. The first-order chi connectivity index (χ1) is 11.1. The number of ether oxygens (including phenoxy) is 1. The third-order valence-electron chi connectivity index (χ3n) is 3.25. The lowest BCUT2D eigenvalue weighted by Crippen LogP contribution is -2.14. The van der Waals surface area contributed by atoms with Gasteiger partial charge in [0.2, 0.25) is 11.5 Å². The van der Waals surface area contributed by atoms with Gasteiger partial charge in [-0.3, -0.25) is 4.79 Å². The average Bonchev–Trinajstić information content (AvgIpc) is 2.94. The third kappa shape index (κ3) is 2.59. The topological polar surface area (TPSA) is 102 Å². The second-order valence-electron chi connectivity index (χ2n) is 4.62. The van der Waals surface area contributed by atoms with Crippen molar-refractivity contribution < 1.29 is 23.8 Å². The van der Waals surface area contributed by atoms with Crippen LogP contribution in [-0.2, 0) is 0 Å². The average molecular weight is 312 g/mol. The summed E-state index contributed by atoms with van der Waals surface area (Å²) in [5, 5.41) is 12.2. The van der Waals surface area contributed by atoms with Crippen molar-refractivity contribution in [1.82, 2.24) is 4.98 Å². The van der Waals surface area contributed by atoms with E-state index >= 15 is 0 Å². The minimum absolute atomic E-state index is 0.0662. The highest BCUT2D eigenvalue weighted by Gasteiger charge is 2.23. The van der Waals surface area contributed by atoms with Crippen molar-refractivity contribution in [3.8, 4) is 5.75 Å². The van der Waals surface area contributed by atoms with Gasteiger partial charge in [0.15, 0.2) is 0 Å². The van der Waals surface area contributed by atoms with Gasteiger partial charge in [-0.15, -0.1) is 0 Å². The molecule has 0 aliphatic heterocycles. The number of aromatic nitrogens is 1. The molecule has 0 saturated carbocycles. The number of hydrogen-bond acceptors (Lipinski definition) is 5. The summed E-state index contributed by atoms with van der Waals surface area (Å²) in [4.78, 5) is 27.8. The van der Waals surface area contributed by atoms with Crippen LogP contribution in [0, 0.1) is 0 Å². The van der Waals surface area contributed by atoms with Crippen molar-refractivity contribution in [1.29, 1.82) is 0 Å². The fraction of sp³-hybridized carbons (Fsp3) is 0.0625. The molecule has 0 aliphatic rings. The molecule has 3 aromatic rings. The van der Waals surface area contributed by atoms with Gasteiger partial charge in [0.05, 0.1) is 18.1 Å². The van der Waals surface area contributed by atoms with Crippen LogP contribution >= 0.6 is 0 Å². The zero-order valence-corrected chi connectivity index (χ0v) is 12.1. The number of aromatic carboxylic acids is 1. The Morgan fingerprint density at radius 2 is 2.00 bits per heavy atom. The first kappa shape index (κ1) is 14.6. The lowest BCUT2D eigenvalue weighted by molar-refractivity contribution is 0.0666. The summed E-state index contributed by atoms with van der Waals surface area (Å²) in [6.07, 6.45) is 1.48. The van der Waals surface area contributed by atoms with Gasteiger partial charge in [-0.2, -0.15) is 0 Å². The minimum atomic E-state index is -1.29. The highest BCUT2D eigenvalue weighted by Crippen LogP contribution is 2.30. The van der Waals surface area contributed by atoms with Crippen LogP contribution in [0.5, 0.6) is 5.75 Å². The Hall–Kier alpha value is -3.35. The molecule has 116 valence electrons. The number of nitrogens with zero attached hydrogens (tertiary/aromatic N) is 1. The lowest BCUT2D eigenvalue weighted by atomic mass is 10.1. The number of pyridine rings is 1. The number of anilines is 1. The Kier molecular flexibility index (Phi) is 3.68. The molecular weight excluding hydrogens is 300 g/mol. The molecule has 3 rings (SSSR count). The molecule has 23 heavy (non-hydrogen) atoms. The summed E-state index contributed by atoms with van der Waals surface area (Å²) in [7, 11) is 1.45. The second kappa shape index (κ2) is 5.80. The van der Waals surface area contributed by atoms with E-state index in [0.717, 1.165) is 0 Å². The van der Waals surface area contributed by atoms with Crippen LogP contribution in [0.25, 0.3) is 11.1 Å². The van der Waals surface area contributed by atoms with Gasteiger partial charge in [-0.25, -0.2) is 9.78 Å². The van der Waals surface area contributed by atoms with Crippen LogP contribution in [0.2, 0.25) is 0 Å². The van der Waals surface area contributed by atoms with Crippen molar-refractivity contribution >= 4 is 28.7 Å². The van der Waals surface area contributed by atoms with E-state index in [9.17, 15) is 14.7 Å². The number of carboxylic acid groups (broad SMARTS) is 1. The predicted octanol–water partition coefficient (Wildman–Crippen LogP) is 2.79. The first-order valence-electron chi connectivity index (χ1n) is 6.67. The van der Waals surface area contributed by atoms with Crippen molar-refractivity contribution in [3.05, 3.63) is 53.9 Å². The number of furan rings is 1. The summed E-state index contributed by atoms with van der Waals surface area (Å²) in [5.41, 5.74) is 0.487. The van der Waals surface area contributed by atoms with Gasteiger partial charge in [0, 0.05) is 6.20 Å². The molecule has 2 heterocycles. The van der Waals surface area contributed by atoms with E-state index in [0.29, 0.717) is 11.1 Å². The maximum Gasteiger partial charge on any atom is 0.374 e. The zero-order chi connectivity index (χ0) is 16.4. The molecule has 1 aromatic carbocycles. The van der Waals surface area contributed by atoms with Crippen LogP contribution in [0.3, 0.4) is 0 Å². The molecule has 0 fully saturated rings. The van der Waals surface area contributed by atoms with E-state index in [4.69, 9.17) is 9.15 Å². The van der Waals surface area contributed by atoms with Gasteiger partial charge in [-0.1, -0.05) is 12.1 Å².